The summed E-state index contributed by atoms with van der Waals surface area (Å²) >= 11 is 1.52. The molecular weight excluding hydrogens is 542 g/mol. The zero-order valence-electron chi connectivity index (χ0n) is 23.2. The van der Waals surface area contributed by atoms with E-state index in [-0.39, 0.29) is 23.4 Å². The summed E-state index contributed by atoms with van der Waals surface area (Å²) < 4.78 is 29.0. The lowest BCUT2D eigenvalue weighted by Gasteiger charge is -2.32. The summed E-state index contributed by atoms with van der Waals surface area (Å²) in [5, 5.41) is 3.09. The summed E-state index contributed by atoms with van der Waals surface area (Å²) in [5.74, 6) is -0.684. The van der Waals surface area contributed by atoms with E-state index in [9.17, 15) is 18.0 Å². The summed E-state index contributed by atoms with van der Waals surface area (Å²) in [6.45, 7) is 3.37. The Morgan fingerprint density at radius 1 is 0.950 bits per heavy atom. The Balaban J connectivity index is 1.66. The standard InChI is InChI=1S/C31H37N3O4S2/c1-23-13-15-27(16-14-23)34(40(37,38)29-19-17-28(39-3)18-20-29)22-30(35)33(21-25-9-5-4-6-10-25)24(2)31(36)32-26-11-7-8-12-26/h4-6,9-10,13-20,24,26H,7-8,11-12,21-22H2,1-3H3,(H,32,36). The van der Waals surface area contributed by atoms with E-state index in [0.29, 0.717) is 5.69 Å². The molecule has 212 valence electrons. The van der Waals surface area contributed by atoms with Gasteiger partial charge in [-0.25, -0.2) is 8.42 Å². The maximum absolute atomic E-state index is 14.0. The van der Waals surface area contributed by atoms with Gasteiger partial charge in [0, 0.05) is 17.5 Å². The van der Waals surface area contributed by atoms with E-state index in [0.717, 1.165) is 46.0 Å². The highest BCUT2D eigenvalue weighted by molar-refractivity contribution is 7.98. The molecular formula is C31H37N3O4S2. The van der Waals surface area contributed by atoms with Crippen molar-refractivity contribution in [3.8, 4) is 0 Å². The van der Waals surface area contributed by atoms with Crippen molar-refractivity contribution in [3.63, 3.8) is 0 Å². The van der Waals surface area contributed by atoms with Crippen LogP contribution >= 0.6 is 11.8 Å². The molecule has 9 heteroatoms. The van der Waals surface area contributed by atoms with Gasteiger partial charge in [0.15, 0.2) is 0 Å². The van der Waals surface area contributed by atoms with Crippen LogP contribution in [-0.2, 0) is 26.2 Å². The third kappa shape index (κ3) is 7.26. The fourth-order valence-corrected chi connectivity index (χ4v) is 6.69. The van der Waals surface area contributed by atoms with Gasteiger partial charge in [-0.15, -0.1) is 11.8 Å². The zero-order chi connectivity index (χ0) is 28.7. The Kier molecular flexibility index (Phi) is 9.92. The number of hydrogen-bond donors (Lipinski definition) is 1. The van der Waals surface area contributed by atoms with Crippen LogP contribution in [0, 0.1) is 6.92 Å². The van der Waals surface area contributed by atoms with Gasteiger partial charge in [-0.1, -0.05) is 60.9 Å². The summed E-state index contributed by atoms with van der Waals surface area (Å²) in [5.41, 5.74) is 2.21. The van der Waals surface area contributed by atoms with Crippen LogP contribution in [0.4, 0.5) is 5.69 Å². The lowest BCUT2D eigenvalue weighted by atomic mass is 10.1. The molecule has 0 heterocycles. The minimum absolute atomic E-state index is 0.0975. The normalized spacial score (nSPS) is 14.5. The molecule has 0 aromatic heterocycles. The molecule has 3 aromatic carbocycles. The molecule has 4 rings (SSSR count). The average Bonchev–Trinajstić information content (AvgIpc) is 3.48. The van der Waals surface area contributed by atoms with Crippen LogP contribution < -0.4 is 9.62 Å². The molecule has 7 nitrogen and oxygen atoms in total. The fourth-order valence-electron chi connectivity index (χ4n) is 4.87. The minimum Gasteiger partial charge on any atom is -0.352 e. The molecule has 0 bridgehead atoms. The highest BCUT2D eigenvalue weighted by Crippen LogP contribution is 2.27. The molecule has 1 fully saturated rings. The zero-order valence-corrected chi connectivity index (χ0v) is 24.9. The Labute approximate surface area is 242 Å². The highest BCUT2D eigenvalue weighted by atomic mass is 32.2. The smallest absolute Gasteiger partial charge is 0.264 e. The van der Waals surface area contributed by atoms with Crippen LogP contribution in [0.5, 0.6) is 0 Å². The third-order valence-electron chi connectivity index (χ3n) is 7.31. The van der Waals surface area contributed by atoms with E-state index in [1.165, 1.54) is 16.7 Å². The van der Waals surface area contributed by atoms with Gasteiger partial charge < -0.3 is 10.2 Å². The van der Waals surface area contributed by atoms with E-state index in [1.54, 1.807) is 43.3 Å². The van der Waals surface area contributed by atoms with Crippen LogP contribution in [0.2, 0.25) is 0 Å². The number of nitrogens with one attached hydrogen (secondary N) is 1. The Hall–Kier alpha value is -3.30. The number of anilines is 1. The third-order valence-corrected chi connectivity index (χ3v) is 9.84. The second kappa shape index (κ2) is 13.4. The predicted octanol–water partition coefficient (Wildman–Crippen LogP) is 5.39. The highest BCUT2D eigenvalue weighted by Gasteiger charge is 2.33. The fraction of sp³-hybridized carbons (Fsp3) is 0.355. The van der Waals surface area contributed by atoms with Crippen LogP contribution in [0.15, 0.2) is 88.7 Å². The summed E-state index contributed by atoms with van der Waals surface area (Å²) in [4.78, 5) is 29.8. The molecule has 0 aliphatic heterocycles. The first-order chi connectivity index (χ1) is 19.2. The number of sulfonamides is 1. The summed E-state index contributed by atoms with van der Waals surface area (Å²) in [6, 6.07) is 22.4. The number of amides is 2. The molecule has 40 heavy (non-hydrogen) atoms. The first-order valence-electron chi connectivity index (χ1n) is 13.6. The second-order valence-corrected chi connectivity index (χ2v) is 12.9. The van der Waals surface area contributed by atoms with Crippen LogP contribution in [-0.4, -0.2) is 50.0 Å². The van der Waals surface area contributed by atoms with Crippen LogP contribution in [0.1, 0.15) is 43.7 Å². The number of carbonyl (C=O) groups excluding carboxylic acids is 2. The molecule has 1 unspecified atom stereocenters. The Morgan fingerprint density at radius 2 is 1.57 bits per heavy atom. The summed E-state index contributed by atoms with van der Waals surface area (Å²) in [7, 11) is -4.08. The van der Waals surface area contributed by atoms with Crippen molar-refractivity contribution in [1.82, 2.24) is 10.2 Å². The Bertz CT molecular complexity index is 1390. The van der Waals surface area contributed by atoms with E-state index in [2.05, 4.69) is 5.32 Å². The van der Waals surface area contributed by atoms with Gasteiger partial charge in [0.05, 0.1) is 10.6 Å². The quantitative estimate of drug-likeness (QED) is 0.308. The first-order valence-corrected chi connectivity index (χ1v) is 16.2. The number of aryl methyl sites for hydroxylation is 1. The van der Waals surface area contributed by atoms with Crippen molar-refractivity contribution in [2.24, 2.45) is 0 Å². The molecule has 1 saturated carbocycles. The molecule has 1 atom stereocenters. The maximum Gasteiger partial charge on any atom is 0.264 e. The largest absolute Gasteiger partial charge is 0.352 e. The number of benzene rings is 3. The summed E-state index contributed by atoms with van der Waals surface area (Å²) in [6.07, 6.45) is 5.94. The van der Waals surface area contributed by atoms with Crippen molar-refractivity contribution < 1.29 is 18.0 Å². The van der Waals surface area contributed by atoms with Crippen molar-refractivity contribution in [1.29, 1.82) is 0 Å². The van der Waals surface area contributed by atoms with Gasteiger partial charge in [-0.05, 0) is 74.9 Å². The van der Waals surface area contributed by atoms with Gasteiger partial charge in [0.1, 0.15) is 12.6 Å². The van der Waals surface area contributed by atoms with E-state index in [4.69, 9.17) is 0 Å². The average molecular weight is 580 g/mol. The number of nitrogens with zero attached hydrogens (tertiary/aromatic N) is 2. The van der Waals surface area contributed by atoms with E-state index >= 15 is 0 Å². The molecule has 0 saturated heterocycles. The Morgan fingerprint density at radius 3 is 2.17 bits per heavy atom. The lowest BCUT2D eigenvalue weighted by molar-refractivity contribution is -0.139. The van der Waals surface area contributed by atoms with E-state index in [1.807, 2.05) is 55.6 Å². The predicted molar refractivity (Wildman–Crippen MR) is 161 cm³/mol. The van der Waals surface area contributed by atoms with Gasteiger partial charge in [-0.3, -0.25) is 13.9 Å². The van der Waals surface area contributed by atoms with E-state index < -0.39 is 28.5 Å². The first kappa shape index (κ1) is 29.7. The maximum atomic E-state index is 14.0. The minimum atomic E-state index is -4.08. The number of carbonyl (C=O) groups is 2. The van der Waals surface area contributed by atoms with Crippen molar-refractivity contribution >= 4 is 39.3 Å². The number of thioether (sulfide) groups is 1. The van der Waals surface area contributed by atoms with Crippen LogP contribution in [0.3, 0.4) is 0 Å². The molecule has 3 aromatic rings. The monoisotopic (exact) mass is 579 g/mol. The van der Waals surface area contributed by atoms with Gasteiger partial charge in [-0.2, -0.15) is 0 Å². The molecule has 1 aliphatic rings. The van der Waals surface area contributed by atoms with Gasteiger partial charge in [0.25, 0.3) is 10.0 Å². The molecule has 1 N–H and O–H groups in total. The number of rotatable bonds is 11. The SMILES string of the molecule is CSc1ccc(S(=O)(=O)N(CC(=O)N(Cc2ccccc2)C(C)C(=O)NC2CCCC2)c2ccc(C)cc2)cc1. The molecule has 1 aliphatic carbocycles. The van der Waals surface area contributed by atoms with Crippen molar-refractivity contribution in [3.05, 3.63) is 90.0 Å². The molecule has 0 radical (unpaired) electrons. The molecule has 2 amide bonds. The van der Waals surface area contributed by atoms with Crippen molar-refractivity contribution in [2.45, 2.75) is 68.0 Å². The number of hydrogen-bond acceptors (Lipinski definition) is 5. The topological polar surface area (TPSA) is 86.8 Å². The molecule has 0 spiro atoms. The van der Waals surface area contributed by atoms with Crippen molar-refractivity contribution in [2.75, 3.05) is 17.1 Å². The van der Waals surface area contributed by atoms with Gasteiger partial charge >= 0.3 is 0 Å². The lowest BCUT2D eigenvalue weighted by Crippen LogP contribution is -2.52. The second-order valence-electron chi connectivity index (χ2n) is 10.2. The van der Waals surface area contributed by atoms with Gasteiger partial charge in [0.2, 0.25) is 11.8 Å². The van der Waals surface area contributed by atoms with Crippen LogP contribution in [0.25, 0.3) is 0 Å².